The molecule has 1 aliphatic heterocycles. The summed E-state index contributed by atoms with van der Waals surface area (Å²) in [5, 5.41) is 0. The van der Waals surface area contributed by atoms with Crippen molar-refractivity contribution in [2.75, 3.05) is 31.0 Å². The predicted octanol–water partition coefficient (Wildman–Crippen LogP) is 0.984. The maximum Gasteiger partial charge on any atom is 0.301 e. The Labute approximate surface area is 102 Å². The lowest BCUT2D eigenvalue weighted by Gasteiger charge is -2.26. The molecule has 1 aliphatic rings. The standard InChI is InChI=1S/C11H16N2O3S/c1-10-4-2-3-5-11(10)12-17(14,15)13-6-8-16-9-7-13/h2-5,12H,6-9H2,1H3. The maximum atomic E-state index is 12.1. The number of hydrogen-bond donors (Lipinski definition) is 1. The van der Waals surface area contributed by atoms with Crippen LogP contribution in [0.3, 0.4) is 0 Å². The molecule has 0 radical (unpaired) electrons. The Morgan fingerprint density at radius 2 is 1.88 bits per heavy atom. The highest BCUT2D eigenvalue weighted by molar-refractivity contribution is 7.90. The number of aryl methyl sites for hydroxylation is 1. The van der Waals surface area contributed by atoms with E-state index < -0.39 is 10.2 Å². The van der Waals surface area contributed by atoms with Crippen molar-refractivity contribution in [2.45, 2.75) is 6.92 Å². The van der Waals surface area contributed by atoms with Crippen LogP contribution < -0.4 is 4.72 Å². The zero-order valence-corrected chi connectivity index (χ0v) is 10.5. The third-order valence-corrected chi connectivity index (χ3v) is 4.22. The number of morpholine rings is 1. The van der Waals surface area contributed by atoms with E-state index in [4.69, 9.17) is 4.74 Å². The Kier molecular flexibility index (Phi) is 3.66. The van der Waals surface area contributed by atoms with E-state index in [9.17, 15) is 8.42 Å². The highest BCUT2D eigenvalue weighted by Crippen LogP contribution is 2.16. The molecule has 94 valence electrons. The van der Waals surface area contributed by atoms with Gasteiger partial charge in [0.1, 0.15) is 0 Å². The number of hydrogen-bond acceptors (Lipinski definition) is 3. The van der Waals surface area contributed by atoms with Crippen LogP contribution in [0.25, 0.3) is 0 Å². The molecule has 0 saturated carbocycles. The highest BCUT2D eigenvalue weighted by atomic mass is 32.2. The summed E-state index contributed by atoms with van der Waals surface area (Å²) in [4.78, 5) is 0. The van der Waals surface area contributed by atoms with E-state index in [0.29, 0.717) is 32.0 Å². The smallest absolute Gasteiger partial charge is 0.301 e. The fraction of sp³-hybridized carbons (Fsp3) is 0.455. The summed E-state index contributed by atoms with van der Waals surface area (Å²) in [7, 11) is -3.46. The van der Waals surface area contributed by atoms with Crippen LogP contribution in [0, 0.1) is 6.92 Å². The van der Waals surface area contributed by atoms with Gasteiger partial charge >= 0.3 is 10.2 Å². The molecule has 1 fully saturated rings. The van der Waals surface area contributed by atoms with Gasteiger partial charge in [-0.2, -0.15) is 12.7 Å². The van der Waals surface area contributed by atoms with Crippen molar-refractivity contribution < 1.29 is 13.2 Å². The summed E-state index contributed by atoms with van der Waals surface area (Å²) in [5.41, 5.74) is 1.53. The highest BCUT2D eigenvalue weighted by Gasteiger charge is 2.24. The Balaban J connectivity index is 2.14. The molecule has 1 aromatic carbocycles. The first-order valence-electron chi connectivity index (χ1n) is 5.51. The molecule has 5 nitrogen and oxygen atoms in total. The number of anilines is 1. The van der Waals surface area contributed by atoms with Gasteiger partial charge < -0.3 is 4.74 Å². The van der Waals surface area contributed by atoms with Gasteiger partial charge in [0.2, 0.25) is 0 Å². The molecule has 0 aromatic heterocycles. The van der Waals surface area contributed by atoms with Gasteiger partial charge in [0, 0.05) is 13.1 Å². The van der Waals surface area contributed by atoms with E-state index in [1.165, 1.54) is 4.31 Å². The number of rotatable bonds is 3. The average molecular weight is 256 g/mol. The van der Waals surface area contributed by atoms with Gasteiger partial charge in [0.05, 0.1) is 18.9 Å². The van der Waals surface area contributed by atoms with Crippen molar-refractivity contribution in [1.82, 2.24) is 4.31 Å². The third kappa shape index (κ3) is 2.96. The number of benzene rings is 1. The van der Waals surface area contributed by atoms with Crippen LogP contribution in [-0.4, -0.2) is 39.0 Å². The Bertz CT molecular complexity index is 481. The van der Waals surface area contributed by atoms with E-state index in [-0.39, 0.29) is 0 Å². The van der Waals surface area contributed by atoms with Crippen LogP contribution in [0.2, 0.25) is 0 Å². The van der Waals surface area contributed by atoms with Gasteiger partial charge in [0.15, 0.2) is 0 Å². The van der Waals surface area contributed by atoms with Crippen LogP contribution in [0.1, 0.15) is 5.56 Å². The van der Waals surface area contributed by atoms with Crippen LogP contribution in [0.5, 0.6) is 0 Å². The Morgan fingerprint density at radius 3 is 2.53 bits per heavy atom. The second-order valence-electron chi connectivity index (χ2n) is 3.93. The molecule has 17 heavy (non-hydrogen) atoms. The molecule has 1 N–H and O–H groups in total. The number of para-hydroxylation sites is 1. The topological polar surface area (TPSA) is 58.6 Å². The number of nitrogens with zero attached hydrogens (tertiary/aromatic N) is 1. The van der Waals surface area contributed by atoms with E-state index in [1.807, 2.05) is 25.1 Å². The first-order chi connectivity index (χ1) is 8.09. The molecule has 0 bridgehead atoms. The van der Waals surface area contributed by atoms with E-state index in [1.54, 1.807) is 6.07 Å². The van der Waals surface area contributed by atoms with Gasteiger partial charge in [-0.1, -0.05) is 18.2 Å². The van der Waals surface area contributed by atoms with Gasteiger partial charge in [-0.3, -0.25) is 4.72 Å². The maximum absolute atomic E-state index is 12.1. The first kappa shape index (κ1) is 12.3. The first-order valence-corrected chi connectivity index (χ1v) is 6.95. The van der Waals surface area contributed by atoms with Crippen LogP contribution in [0.4, 0.5) is 5.69 Å². The molecule has 6 heteroatoms. The van der Waals surface area contributed by atoms with Crippen LogP contribution in [0.15, 0.2) is 24.3 Å². The summed E-state index contributed by atoms with van der Waals surface area (Å²) in [6, 6.07) is 7.32. The van der Waals surface area contributed by atoms with Crippen molar-refractivity contribution in [3.8, 4) is 0 Å². The fourth-order valence-corrected chi connectivity index (χ4v) is 2.94. The minimum atomic E-state index is -3.46. The molecule has 0 aliphatic carbocycles. The second kappa shape index (κ2) is 5.03. The molecule has 0 atom stereocenters. The normalized spacial score (nSPS) is 17.9. The summed E-state index contributed by atoms with van der Waals surface area (Å²) in [6.07, 6.45) is 0. The third-order valence-electron chi connectivity index (χ3n) is 2.69. The van der Waals surface area contributed by atoms with Crippen molar-refractivity contribution in [2.24, 2.45) is 0 Å². The molecule has 0 unspecified atom stereocenters. The molecule has 0 amide bonds. The number of ether oxygens (including phenoxy) is 1. The van der Waals surface area contributed by atoms with Crippen LogP contribution >= 0.6 is 0 Å². The predicted molar refractivity (Wildman–Crippen MR) is 66.1 cm³/mol. The molecule has 0 spiro atoms. The zero-order chi connectivity index (χ0) is 12.3. The van der Waals surface area contributed by atoms with Crippen molar-refractivity contribution in [3.63, 3.8) is 0 Å². The van der Waals surface area contributed by atoms with E-state index >= 15 is 0 Å². The molecular formula is C11H16N2O3S. The lowest BCUT2D eigenvalue weighted by molar-refractivity contribution is 0.0733. The van der Waals surface area contributed by atoms with Crippen molar-refractivity contribution in [1.29, 1.82) is 0 Å². The largest absolute Gasteiger partial charge is 0.379 e. The summed E-state index contributed by atoms with van der Waals surface area (Å²) < 4.78 is 33.3. The Morgan fingerprint density at radius 1 is 1.24 bits per heavy atom. The van der Waals surface area contributed by atoms with E-state index in [0.717, 1.165) is 5.56 Å². The summed E-state index contributed by atoms with van der Waals surface area (Å²) in [6.45, 7) is 3.59. The lowest BCUT2D eigenvalue weighted by atomic mass is 10.2. The lowest BCUT2D eigenvalue weighted by Crippen LogP contribution is -2.43. The van der Waals surface area contributed by atoms with Crippen molar-refractivity contribution >= 4 is 15.9 Å². The second-order valence-corrected chi connectivity index (χ2v) is 5.60. The Hall–Kier alpha value is -1.11. The minimum absolute atomic E-state index is 0.404. The average Bonchev–Trinajstić information content (AvgIpc) is 2.33. The van der Waals surface area contributed by atoms with Gasteiger partial charge in [-0.15, -0.1) is 0 Å². The van der Waals surface area contributed by atoms with Crippen LogP contribution in [-0.2, 0) is 14.9 Å². The van der Waals surface area contributed by atoms with Gasteiger partial charge in [0.25, 0.3) is 0 Å². The van der Waals surface area contributed by atoms with Gasteiger partial charge in [-0.25, -0.2) is 0 Å². The number of nitrogens with one attached hydrogen (secondary N) is 1. The molecule has 1 heterocycles. The SMILES string of the molecule is Cc1ccccc1NS(=O)(=O)N1CCOCC1. The molecule has 1 saturated heterocycles. The van der Waals surface area contributed by atoms with Gasteiger partial charge in [-0.05, 0) is 18.6 Å². The monoisotopic (exact) mass is 256 g/mol. The van der Waals surface area contributed by atoms with Crippen molar-refractivity contribution in [3.05, 3.63) is 29.8 Å². The fourth-order valence-electron chi connectivity index (χ4n) is 1.68. The quantitative estimate of drug-likeness (QED) is 0.877. The molecular weight excluding hydrogens is 240 g/mol. The van der Waals surface area contributed by atoms with E-state index in [2.05, 4.69) is 4.72 Å². The summed E-state index contributed by atoms with van der Waals surface area (Å²) in [5.74, 6) is 0. The minimum Gasteiger partial charge on any atom is -0.379 e. The summed E-state index contributed by atoms with van der Waals surface area (Å²) >= 11 is 0. The zero-order valence-electron chi connectivity index (χ0n) is 9.72. The molecule has 2 rings (SSSR count). The molecule has 1 aromatic rings.